The summed E-state index contributed by atoms with van der Waals surface area (Å²) in [4.78, 5) is 30.7. The maximum atomic E-state index is 11.8. The Morgan fingerprint density at radius 2 is 1.76 bits per heavy atom. The number of carbonyl (C=O) groups is 2. The third-order valence-corrected chi connectivity index (χ3v) is 2.95. The Labute approximate surface area is 121 Å². The number of hydrogen-bond donors (Lipinski definition) is 3. The first kappa shape index (κ1) is 14.4. The van der Waals surface area contributed by atoms with Crippen molar-refractivity contribution in [3.63, 3.8) is 0 Å². The number of rotatable bonds is 3. The van der Waals surface area contributed by atoms with Gasteiger partial charge in [0.1, 0.15) is 0 Å². The van der Waals surface area contributed by atoms with Crippen LogP contribution in [-0.2, 0) is 0 Å². The maximum absolute atomic E-state index is 11.8. The molecule has 0 aliphatic heterocycles. The van der Waals surface area contributed by atoms with Gasteiger partial charge in [-0.15, -0.1) is 0 Å². The molecule has 0 aliphatic carbocycles. The summed E-state index contributed by atoms with van der Waals surface area (Å²) in [7, 11) is 0. The zero-order valence-corrected chi connectivity index (χ0v) is 11.5. The third kappa shape index (κ3) is 3.53. The third-order valence-electron chi connectivity index (χ3n) is 2.95. The molecule has 2 rings (SSSR count). The normalized spacial score (nSPS) is 10.0. The summed E-state index contributed by atoms with van der Waals surface area (Å²) in [6, 6.07) is 4.20. The molecular weight excluding hydrogens is 272 g/mol. The standard InChI is InChI=1S/C14H14N4O3/c1-8-6-10(7-11(9(8)2)12(19)20)17-14(21)18-13-15-4-3-5-16-13/h3-7H,1-2H3,(H,19,20)(H2,15,16,17,18,21). The van der Waals surface area contributed by atoms with Crippen LogP contribution in [0.5, 0.6) is 0 Å². The number of aryl methyl sites for hydroxylation is 1. The molecule has 21 heavy (non-hydrogen) atoms. The van der Waals surface area contributed by atoms with Gasteiger partial charge in [0.2, 0.25) is 5.95 Å². The van der Waals surface area contributed by atoms with Crippen LogP contribution in [0.4, 0.5) is 16.4 Å². The molecule has 0 fully saturated rings. The molecule has 108 valence electrons. The summed E-state index contributed by atoms with van der Waals surface area (Å²) >= 11 is 0. The summed E-state index contributed by atoms with van der Waals surface area (Å²) < 4.78 is 0. The number of aromatic carboxylic acids is 1. The first-order valence-corrected chi connectivity index (χ1v) is 6.17. The van der Waals surface area contributed by atoms with Crippen molar-refractivity contribution >= 4 is 23.6 Å². The number of nitrogens with one attached hydrogen (secondary N) is 2. The fraction of sp³-hybridized carbons (Fsp3) is 0.143. The fourth-order valence-electron chi connectivity index (χ4n) is 1.78. The van der Waals surface area contributed by atoms with Gasteiger partial charge < -0.3 is 10.4 Å². The van der Waals surface area contributed by atoms with Gasteiger partial charge in [-0.1, -0.05) is 0 Å². The summed E-state index contributed by atoms with van der Waals surface area (Å²) in [5.74, 6) is -0.872. The monoisotopic (exact) mass is 286 g/mol. The van der Waals surface area contributed by atoms with Gasteiger partial charge in [-0.2, -0.15) is 0 Å². The van der Waals surface area contributed by atoms with Gasteiger partial charge in [-0.3, -0.25) is 5.32 Å². The van der Waals surface area contributed by atoms with E-state index in [1.54, 1.807) is 26.0 Å². The molecule has 0 unspecified atom stereocenters. The minimum atomic E-state index is -1.04. The average molecular weight is 286 g/mol. The number of carboxylic acid groups (broad SMARTS) is 1. The van der Waals surface area contributed by atoms with Gasteiger partial charge in [-0.25, -0.2) is 19.6 Å². The van der Waals surface area contributed by atoms with Gasteiger partial charge in [0.05, 0.1) is 5.56 Å². The smallest absolute Gasteiger partial charge is 0.336 e. The molecule has 0 atom stereocenters. The second-order valence-electron chi connectivity index (χ2n) is 4.42. The molecule has 2 aromatic rings. The molecule has 1 aromatic carbocycles. The highest BCUT2D eigenvalue weighted by atomic mass is 16.4. The number of hydrogen-bond acceptors (Lipinski definition) is 4. The number of aromatic nitrogens is 2. The van der Waals surface area contributed by atoms with Gasteiger partial charge in [-0.05, 0) is 43.2 Å². The molecule has 0 bridgehead atoms. The van der Waals surface area contributed by atoms with E-state index in [4.69, 9.17) is 5.11 Å². The van der Waals surface area contributed by atoms with Crippen LogP contribution in [0.3, 0.4) is 0 Å². The Morgan fingerprint density at radius 1 is 1.10 bits per heavy atom. The number of benzene rings is 1. The predicted molar refractivity (Wildman–Crippen MR) is 77.5 cm³/mol. The Balaban J connectivity index is 2.16. The molecule has 2 amide bonds. The second kappa shape index (κ2) is 6.00. The zero-order chi connectivity index (χ0) is 15.4. The van der Waals surface area contributed by atoms with Crippen LogP contribution in [0.1, 0.15) is 21.5 Å². The lowest BCUT2D eigenvalue weighted by molar-refractivity contribution is 0.0696. The highest BCUT2D eigenvalue weighted by molar-refractivity contribution is 6.00. The van der Waals surface area contributed by atoms with Gasteiger partial charge in [0, 0.05) is 18.1 Å². The largest absolute Gasteiger partial charge is 0.478 e. The Bertz CT molecular complexity index is 686. The minimum absolute atomic E-state index is 0.154. The van der Waals surface area contributed by atoms with Crippen LogP contribution in [0, 0.1) is 13.8 Å². The topological polar surface area (TPSA) is 104 Å². The van der Waals surface area contributed by atoms with E-state index in [9.17, 15) is 9.59 Å². The van der Waals surface area contributed by atoms with Crippen molar-refractivity contribution in [1.29, 1.82) is 0 Å². The molecule has 0 radical (unpaired) electrons. The van der Waals surface area contributed by atoms with E-state index in [1.165, 1.54) is 18.5 Å². The highest BCUT2D eigenvalue weighted by Crippen LogP contribution is 2.20. The van der Waals surface area contributed by atoms with Crippen molar-refractivity contribution in [3.8, 4) is 0 Å². The van der Waals surface area contributed by atoms with E-state index in [0.717, 1.165) is 5.56 Å². The lowest BCUT2D eigenvalue weighted by Gasteiger charge is -2.11. The van der Waals surface area contributed by atoms with Crippen LogP contribution < -0.4 is 10.6 Å². The zero-order valence-electron chi connectivity index (χ0n) is 11.5. The Kier molecular flexibility index (Phi) is 4.13. The number of anilines is 2. The van der Waals surface area contributed by atoms with Crippen LogP contribution in [0.2, 0.25) is 0 Å². The van der Waals surface area contributed by atoms with E-state index >= 15 is 0 Å². The Morgan fingerprint density at radius 3 is 2.38 bits per heavy atom. The van der Waals surface area contributed by atoms with Crippen LogP contribution in [0.15, 0.2) is 30.6 Å². The molecule has 0 saturated carbocycles. The van der Waals surface area contributed by atoms with E-state index in [0.29, 0.717) is 11.3 Å². The number of urea groups is 1. The molecule has 0 spiro atoms. The first-order chi connectivity index (χ1) is 9.97. The molecule has 0 saturated heterocycles. The van der Waals surface area contributed by atoms with E-state index < -0.39 is 12.0 Å². The molecule has 7 nitrogen and oxygen atoms in total. The van der Waals surface area contributed by atoms with Crippen molar-refractivity contribution in [2.75, 3.05) is 10.6 Å². The highest BCUT2D eigenvalue weighted by Gasteiger charge is 2.12. The number of carbonyl (C=O) groups excluding carboxylic acids is 1. The van der Waals surface area contributed by atoms with Gasteiger partial charge in [0.15, 0.2) is 0 Å². The summed E-state index contributed by atoms with van der Waals surface area (Å²) in [5, 5.41) is 14.1. The van der Waals surface area contributed by atoms with Crippen LogP contribution in [0.25, 0.3) is 0 Å². The van der Waals surface area contributed by atoms with E-state index in [1.807, 2.05) is 0 Å². The van der Waals surface area contributed by atoms with Crippen molar-refractivity contribution in [2.24, 2.45) is 0 Å². The first-order valence-electron chi connectivity index (χ1n) is 6.17. The van der Waals surface area contributed by atoms with E-state index in [-0.39, 0.29) is 11.5 Å². The molecular formula is C14H14N4O3. The van der Waals surface area contributed by atoms with Gasteiger partial charge in [0.25, 0.3) is 0 Å². The maximum Gasteiger partial charge on any atom is 0.336 e. The minimum Gasteiger partial charge on any atom is -0.478 e. The number of amides is 2. The molecule has 0 aliphatic rings. The number of carboxylic acids is 1. The number of nitrogens with zero attached hydrogens (tertiary/aromatic N) is 2. The molecule has 1 heterocycles. The predicted octanol–water partition coefficient (Wildman–Crippen LogP) is 2.44. The molecule has 1 aromatic heterocycles. The van der Waals surface area contributed by atoms with Crippen molar-refractivity contribution < 1.29 is 14.7 Å². The average Bonchev–Trinajstić information content (AvgIpc) is 2.43. The summed E-state index contributed by atoms with van der Waals surface area (Å²) in [6.07, 6.45) is 3.00. The van der Waals surface area contributed by atoms with Crippen molar-refractivity contribution in [3.05, 3.63) is 47.3 Å². The van der Waals surface area contributed by atoms with Gasteiger partial charge >= 0.3 is 12.0 Å². The summed E-state index contributed by atoms with van der Waals surface area (Å²) in [5.41, 5.74) is 1.99. The quantitative estimate of drug-likeness (QED) is 0.803. The fourth-order valence-corrected chi connectivity index (χ4v) is 1.78. The second-order valence-corrected chi connectivity index (χ2v) is 4.42. The van der Waals surface area contributed by atoms with Crippen molar-refractivity contribution in [2.45, 2.75) is 13.8 Å². The van der Waals surface area contributed by atoms with E-state index in [2.05, 4.69) is 20.6 Å². The summed E-state index contributed by atoms with van der Waals surface area (Å²) in [6.45, 7) is 3.51. The van der Waals surface area contributed by atoms with Crippen LogP contribution >= 0.6 is 0 Å². The Hall–Kier alpha value is -2.96. The SMILES string of the molecule is Cc1cc(NC(=O)Nc2ncccn2)cc(C(=O)O)c1C. The lowest BCUT2D eigenvalue weighted by Crippen LogP contribution is -2.21. The molecule has 7 heteroatoms. The molecule has 3 N–H and O–H groups in total. The van der Waals surface area contributed by atoms with Crippen LogP contribution in [-0.4, -0.2) is 27.1 Å². The van der Waals surface area contributed by atoms with Crippen molar-refractivity contribution in [1.82, 2.24) is 9.97 Å². The lowest BCUT2D eigenvalue weighted by atomic mass is 10.0.